The van der Waals surface area contributed by atoms with E-state index < -0.39 is 12.0 Å². The summed E-state index contributed by atoms with van der Waals surface area (Å²) in [4.78, 5) is 22.1. The number of carbonyl (C=O) groups is 2. The predicted octanol–water partition coefficient (Wildman–Crippen LogP) is 1.46. The average molecular weight is 282 g/mol. The van der Waals surface area contributed by atoms with Crippen molar-refractivity contribution in [3.05, 3.63) is 28.7 Å². The molecular weight excluding hydrogens is 272 g/mol. The Labute approximate surface area is 111 Å². The quantitative estimate of drug-likeness (QED) is 0.781. The minimum atomic E-state index is -1.15. The van der Waals surface area contributed by atoms with Gasteiger partial charge in [-0.05, 0) is 19.1 Å². The Kier molecular flexibility index (Phi) is 3.76. The number of furan rings is 1. The van der Waals surface area contributed by atoms with Crippen LogP contribution in [0.2, 0.25) is 0 Å². The molecule has 0 unspecified atom stereocenters. The third-order valence-electron chi connectivity index (χ3n) is 2.04. The van der Waals surface area contributed by atoms with Crippen molar-refractivity contribution in [2.75, 3.05) is 5.32 Å². The van der Waals surface area contributed by atoms with Crippen molar-refractivity contribution in [3.63, 3.8) is 0 Å². The van der Waals surface area contributed by atoms with E-state index in [0.717, 1.165) is 5.01 Å². The molecule has 0 atom stereocenters. The standard InChI is InChI=1S/C10H10N4O4S/c1-5-13-14-10(19-5)12-9(17)11-4-6-2-3-7(18-6)8(15)16/h2-3H,4H2,1H3,(H,15,16)(H2,11,12,14,17). The second kappa shape index (κ2) is 5.48. The van der Waals surface area contributed by atoms with E-state index in [1.165, 1.54) is 23.5 Å². The summed E-state index contributed by atoms with van der Waals surface area (Å²) in [6.45, 7) is 1.86. The molecule has 0 spiro atoms. The number of nitrogens with one attached hydrogen (secondary N) is 2. The Morgan fingerprint density at radius 3 is 2.79 bits per heavy atom. The Morgan fingerprint density at radius 2 is 2.21 bits per heavy atom. The number of carboxylic acid groups (broad SMARTS) is 1. The van der Waals surface area contributed by atoms with Gasteiger partial charge in [0.2, 0.25) is 10.9 Å². The highest BCUT2D eigenvalue weighted by atomic mass is 32.1. The van der Waals surface area contributed by atoms with Gasteiger partial charge >= 0.3 is 12.0 Å². The molecular formula is C10H10N4O4S. The van der Waals surface area contributed by atoms with Gasteiger partial charge in [0.15, 0.2) is 0 Å². The molecule has 8 nitrogen and oxygen atoms in total. The Morgan fingerprint density at radius 1 is 1.42 bits per heavy atom. The van der Waals surface area contributed by atoms with Crippen LogP contribution in [0, 0.1) is 6.92 Å². The zero-order valence-electron chi connectivity index (χ0n) is 9.84. The fourth-order valence-electron chi connectivity index (χ4n) is 1.24. The number of carbonyl (C=O) groups excluding carboxylic acids is 1. The number of aromatic nitrogens is 2. The monoisotopic (exact) mass is 282 g/mol. The molecule has 0 saturated heterocycles. The molecule has 0 aliphatic rings. The Hall–Kier alpha value is -2.42. The Balaban J connectivity index is 1.84. The zero-order chi connectivity index (χ0) is 13.8. The highest BCUT2D eigenvalue weighted by molar-refractivity contribution is 7.15. The average Bonchev–Trinajstić information content (AvgIpc) is 2.96. The van der Waals surface area contributed by atoms with E-state index in [0.29, 0.717) is 10.9 Å². The number of aryl methyl sites for hydroxylation is 1. The third kappa shape index (κ3) is 3.52. The topological polar surface area (TPSA) is 117 Å². The van der Waals surface area contributed by atoms with Gasteiger partial charge in [-0.3, -0.25) is 5.32 Å². The smallest absolute Gasteiger partial charge is 0.371 e. The van der Waals surface area contributed by atoms with Gasteiger partial charge in [0.05, 0.1) is 6.54 Å². The maximum Gasteiger partial charge on any atom is 0.371 e. The maximum atomic E-state index is 11.5. The molecule has 2 aromatic heterocycles. The number of amides is 2. The number of hydrogen-bond donors (Lipinski definition) is 3. The number of hydrogen-bond acceptors (Lipinski definition) is 6. The first-order valence-corrected chi connectivity index (χ1v) is 6.03. The fraction of sp³-hybridized carbons (Fsp3) is 0.200. The van der Waals surface area contributed by atoms with Crippen LogP contribution in [0.5, 0.6) is 0 Å². The summed E-state index contributed by atoms with van der Waals surface area (Å²) in [6, 6.07) is 2.34. The van der Waals surface area contributed by atoms with E-state index in [-0.39, 0.29) is 12.3 Å². The number of rotatable bonds is 4. The zero-order valence-corrected chi connectivity index (χ0v) is 10.7. The van der Waals surface area contributed by atoms with Crippen LogP contribution in [0.3, 0.4) is 0 Å². The molecule has 0 aromatic carbocycles. The van der Waals surface area contributed by atoms with Crippen LogP contribution < -0.4 is 10.6 Å². The molecule has 2 aromatic rings. The van der Waals surface area contributed by atoms with Crippen LogP contribution in [0.15, 0.2) is 16.5 Å². The first kappa shape index (κ1) is 13.0. The van der Waals surface area contributed by atoms with Crippen molar-refractivity contribution in [3.8, 4) is 0 Å². The summed E-state index contributed by atoms with van der Waals surface area (Å²) in [5.41, 5.74) is 0. The van der Waals surface area contributed by atoms with Gasteiger partial charge in [-0.2, -0.15) is 0 Å². The van der Waals surface area contributed by atoms with E-state index in [1.54, 1.807) is 6.92 Å². The van der Waals surface area contributed by atoms with Crippen LogP contribution in [0.1, 0.15) is 21.3 Å². The second-order valence-electron chi connectivity index (χ2n) is 3.51. The molecule has 0 fully saturated rings. The minimum absolute atomic E-state index is 0.0803. The lowest BCUT2D eigenvalue weighted by Gasteiger charge is -2.02. The summed E-state index contributed by atoms with van der Waals surface area (Å²) in [6.07, 6.45) is 0. The lowest BCUT2D eigenvalue weighted by molar-refractivity contribution is 0.0660. The number of urea groups is 1. The molecule has 2 amide bonds. The van der Waals surface area contributed by atoms with Gasteiger partial charge in [0.1, 0.15) is 10.8 Å². The van der Waals surface area contributed by atoms with E-state index in [9.17, 15) is 9.59 Å². The molecule has 3 N–H and O–H groups in total. The van der Waals surface area contributed by atoms with Crippen molar-refractivity contribution < 1.29 is 19.1 Å². The predicted molar refractivity (Wildman–Crippen MR) is 66.2 cm³/mol. The van der Waals surface area contributed by atoms with Crippen molar-refractivity contribution in [2.24, 2.45) is 0 Å². The lowest BCUT2D eigenvalue weighted by atomic mass is 10.4. The molecule has 2 heterocycles. The molecule has 100 valence electrons. The molecule has 9 heteroatoms. The number of nitrogens with zero attached hydrogens (tertiary/aromatic N) is 2. The summed E-state index contributed by atoms with van der Waals surface area (Å²) in [5, 5.41) is 22.3. The molecule has 0 aliphatic carbocycles. The van der Waals surface area contributed by atoms with Gasteiger partial charge in [-0.25, -0.2) is 9.59 Å². The lowest BCUT2D eigenvalue weighted by Crippen LogP contribution is -2.27. The maximum absolute atomic E-state index is 11.5. The normalized spacial score (nSPS) is 10.2. The van der Waals surface area contributed by atoms with Crippen molar-refractivity contribution in [2.45, 2.75) is 13.5 Å². The molecule has 2 rings (SSSR count). The van der Waals surface area contributed by atoms with E-state index in [4.69, 9.17) is 9.52 Å². The first-order valence-electron chi connectivity index (χ1n) is 5.21. The summed E-state index contributed by atoms with van der Waals surface area (Å²) >= 11 is 1.25. The van der Waals surface area contributed by atoms with Gasteiger partial charge in [-0.15, -0.1) is 10.2 Å². The molecule has 0 bridgehead atoms. The SMILES string of the molecule is Cc1nnc(NC(=O)NCc2ccc(C(=O)O)o2)s1. The molecule has 19 heavy (non-hydrogen) atoms. The van der Waals surface area contributed by atoms with Crippen molar-refractivity contribution in [1.82, 2.24) is 15.5 Å². The minimum Gasteiger partial charge on any atom is -0.475 e. The van der Waals surface area contributed by atoms with Gasteiger partial charge < -0.3 is 14.8 Å². The largest absolute Gasteiger partial charge is 0.475 e. The van der Waals surface area contributed by atoms with Crippen LogP contribution in [-0.2, 0) is 6.54 Å². The van der Waals surface area contributed by atoms with E-state index >= 15 is 0 Å². The summed E-state index contributed by atoms with van der Waals surface area (Å²) in [7, 11) is 0. The molecule has 0 radical (unpaired) electrons. The fourth-order valence-corrected chi connectivity index (χ4v) is 1.83. The van der Waals surface area contributed by atoms with Gasteiger partial charge in [0, 0.05) is 0 Å². The van der Waals surface area contributed by atoms with Crippen LogP contribution in [-0.4, -0.2) is 27.3 Å². The van der Waals surface area contributed by atoms with Gasteiger partial charge in [0.25, 0.3) is 0 Å². The summed E-state index contributed by atoms with van der Waals surface area (Å²) < 4.78 is 4.98. The third-order valence-corrected chi connectivity index (χ3v) is 2.80. The number of carboxylic acids is 1. The molecule has 0 aliphatic heterocycles. The number of anilines is 1. The van der Waals surface area contributed by atoms with Crippen LogP contribution >= 0.6 is 11.3 Å². The van der Waals surface area contributed by atoms with E-state index in [1.807, 2.05) is 0 Å². The molecule has 0 saturated carbocycles. The second-order valence-corrected chi connectivity index (χ2v) is 4.69. The highest BCUT2D eigenvalue weighted by Crippen LogP contribution is 2.13. The first-order chi connectivity index (χ1) is 9.04. The van der Waals surface area contributed by atoms with Crippen molar-refractivity contribution >= 4 is 28.5 Å². The van der Waals surface area contributed by atoms with Crippen LogP contribution in [0.4, 0.5) is 9.93 Å². The van der Waals surface area contributed by atoms with E-state index in [2.05, 4.69) is 20.8 Å². The Bertz CT molecular complexity index is 606. The van der Waals surface area contributed by atoms with Crippen molar-refractivity contribution in [1.29, 1.82) is 0 Å². The van der Waals surface area contributed by atoms with Crippen LogP contribution in [0.25, 0.3) is 0 Å². The highest BCUT2D eigenvalue weighted by Gasteiger charge is 2.10. The van der Waals surface area contributed by atoms with Gasteiger partial charge in [-0.1, -0.05) is 11.3 Å². The number of aromatic carboxylic acids is 1. The summed E-state index contributed by atoms with van der Waals surface area (Å²) in [5.74, 6) is -0.974.